The van der Waals surface area contributed by atoms with Gasteiger partial charge in [0.15, 0.2) is 5.78 Å². The summed E-state index contributed by atoms with van der Waals surface area (Å²) < 4.78 is 23.3. The molecule has 1 saturated carbocycles. The number of carbonyl (C=O) groups is 4. The zero-order chi connectivity index (χ0) is 40.8. The van der Waals surface area contributed by atoms with E-state index < -0.39 is 77.9 Å². The van der Waals surface area contributed by atoms with E-state index in [9.17, 15) is 39.6 Å². The number of allylic oxidation sites excluding steroid dienone is 3. The first-order chi connectivity index (χ1) is 25.9. The van der Waals surface area contributed by atoms with E-state index in [1.807, 2.05) is 32.9 Å². The molecule has 4 N–H and O–H groups in total. The van der Waals surface area contributed by atoms with Gasteiger partial charge < -0.3 is 44.3 Å². The molecule has 1 unspecified atom stereocenters. The number of ether oxygens (including phenoxy) is 4. The Labute approximate surface area is 326 Å². The molecule has 2 bridgehead atoms. The number of hydrogen-bond acceptors (Lipinski definition) is 12. The molecule has 0 radical (unpaired) electrons. The number of amides is 1. The predicted molar refractivity (Wildman–Crippen MR) is 203 cm³/mol. The van der Waals surface area contributed by atoms with Crippen molar-refractivity contribution in [3.05, 3.63) is 23.3 Å². The SMILES string of the molecule is CCC1=CC(C)C[C@H](C)C[C@H](OC)[C@@H](O)[C@@H]2C[C@@H](C)[C@@](O)(O2)C(=O)C(=O)N2CCCC[C@H]2C(=O)O[C@H](C(C)=C[C@@H]2CC[C@@H](O)[C@H](OC)C2)[C@H](C)[C@@H](O)CC1=O. The van der Waals surface area contributed by atoms with Crippen molar-refractivity contribution >= 4 is 23.4 Å². The highest BCUT2D eigenvalue weighted by atomic mass is 16.7. The van der Waals surface area contributed by atoms with Gasteiger partial charge >= 0.3 is 5.97 Å². The Hall–Kier alpha value is -2.52. The summed E-state index contributed by atoms with van der Waals surface area (Å²) in [7, 11) is 3.03. The highest BCUT2D eigenvalue weighted by Gasteiger charge is 2.57. The molecule has 13 nitrogen and oxygen atoms in total. The number of piperidine rings is 1. The van der Waals surface area contributed by atoms with Crippen LogP contribution in [0.4, 0.5) is 0 Å². The Morgan fingerprint density at radius 3 is 2.27 bits per heavy atom. The summed E-state index contributed by atoms with van der Waals surface area (Å²) >= 11 is 0. The van der Waals surface area contributed by atoms with Gasteiger partial charge in [0.2, 0.25) is 5.79 Å². The molecule has 14 atom stereocenters. The second-order valence-electron chi connectivity index (χ2n) is 16.9. The van der Waals surface area contributed by atoms with E-state index in [0.717, 1.165) is 4.90 Å². The maximum absolute atomic E-state index is 14.2. The van der Waals surface area contributed by atoms with Gasteiger partial charge in [-0.25, -0.2) is 4.79 Å². The van der Waals surface area contributed by atoms with Gasteiger partial charge in [0.05, 0.1) is 30.5 Å². The number of methoxy groups -OCH3 is 2. The molecule has 0 aromatic carbocycles. The lowest BCUT2D eigenvalue weighted by Crippen LogP contribution is -2.57. The average molecular weight is 778 g/mol. The molecule has 3 fully saturated rings. The number of carbonyl (C=O) groups excluding carboxylic acids is 4. The number of aliphatic hydroxyl groups is 4. The standard InChI is InChI=1S/C42H67NO12/c1-9-29-17-23(2)16-24(3)18-35(53-8)37(47)36-20-26(5)42(51,55-36)39(48)40(49)43-15-11-10-12-30(43)41(50)54-38(27(6)32(45)22-33(29)46)25(4)19-28-13-14-31(44)34(21-28)52-7/h17,19,23-24,26-28,30-32,34-38,44-45,47,51H,9-16,18,20-22H2,1-8H3/t23?,24-,26+,27+,28-,30-,31+,32-,34+,35-,36-,37+,38+,42+/m0/s1. The smallest absolute Gasteiger partial charge is 0.329 e. The number of hydrogen-bond donors (Lipinski definition) is 4. The molecule has 3 aliphatic heterocycles. The van der Waals surface area contributed by atoms with Crippen LogP contribution in [0.25, 0.3) is 0 Å². The van der Waals surface area contributed by atoms with Crippen molar-refractivity contribution < 1.29 is 58.6 Å². The molecule has 2 saturated heterocycles. The number of cyclic esters (lactones) is 1. The maximum atomic E-state index is 14.2. The fraction of sp³-hybridized carbons (Fsp3) is 0.810. The Kier molecular flexibility index (Phi) is 16.2. The van der Waals surface area contributed by atoms with Crippen LogP contribution in [0.2, 0.25) is 0 Å². The molecule has 55 heavy (non-hydrogen) atoms. The van der Waals surface area contributed by atoms with Crippen LogP contribution >= 0.6 is 0 Å². The van der Waals surface area contributed by atoms with E-state index in [1.165, 1.54) is 7.11 Å². The first-order valence-electron chi connectivity index (χ1n) is 20.4. The number of esters is 1. The number of nitrogens with zero attached hydrogens (tertiary/aromatic N) is 1. The topological polar surface area (TPSA) is 189 Å². The van der Waals surface area contributed by atoms with Crippen LogP contribution in [0.1, 0.15) is 112 Å². The lowest BCUT2D eigenvalue weighted by Gasteiger charge is -2.38. The fourth-order valence-electron chi connectivity index (χ4n) is 9.20. The molecule has 4 rings (SSSR count). The minimum absolute atomic E-state index is 0.00749. The molecule has 1 amide bonds. The second-order valence-corrected chi connectivity index (χ2v) is 16.9. The van der Waals surface area contributed by atoms with Crippen LogP contribution < -0.4 is 0 Å². The summed E-state index contributed by atoms with van der Waals surface area (Å²) in [6, 6.07) is -1.15. The van der Waals surface area contributed by atoms with E-state index in [0.29, 0.717) is 62.5 Å². The molecule has 4 aliphatic rings. The first-order valence-corrected chi connectivity index (χ1v) is 20.4. The monoisotopic (exact) mass is 777 g/mol. The van der Waals surface area contributed by atoms with E-state index in [4.69, 9.17) is 18.9 Å². The quantitative estimate of drug-likeness (QED) is 0.180. The van der Waals surface area contributed by atoms with Crippen molar-refractivity contribution in [1.29, 1.82) is 0 Å². The third kappa shape index (κ3) is 10.7. The molecule has 0 spiro atoms. The highest BCUT2D eigenvalue weighted by Crippen LogP contribution is 2.39. The van der Waals surface area contributed by atoms with Crippen LogP contribution in [-0.2, 0) is 38.1 Å². The molecule has 3 heterocycles. The van der Waals surface area contributed by atoms with Crippen LogP contribution in [0, 0.1) is 29.6 Å². The summed E-state index contributed by atoms with van der Waals surface area (Å²) in [5.74, 6) is -7.34. The first kappa shape index (κ1) is 45.2. The Bertz CT molecular complexity index is 1410. The van der Waals surface area contributed by atoms with E-state index >= 15 is 0 Å². The van der Waals surface area contributed by atoms with Gasteiger partial charge in [0, 0.05) is 39.0 Å². The van der Waals surface area contributed by atoms with Gasteiger partial charge in [0.1, 0.15) is 18.2 Å². The zero-order valence-corrected chi connectivity index (χ0v) is 34.1. The molecular formula is C42H67NO12. The van der Waals surface area contributed by atoms with E-state index in [2.05, 4.69) is 0 Å². The van der Waals surface area contributed by atoms with Crippen molar-refractivity contribution in [2.45, 2.75) is 167 Å². The van der Waals surface area contributed by atoms with Crippen molar-refractivity contribution in [3.8, 4) is 0 Å². The highest BCUT2D eigenvalue weighted by molar-refractivity contribution is 6.39. The number of aliphatic hydroxyl groups excluding tert-OH is 3. The Balaban J connectivity index is 1.73. The van der Waals surface area contributed by atoms with Gasteiger partial charge in [-0.3, -0.25) is 14.4 Å². The van der Waals surface area contributed by atoms with Crippen molar-refractivity contribution in [1.82, 2.24) is 4.90 Å². The van der Waals surface area contributed by atoms with Crippen molar-refractivity contribution in [3.63, 3.8) is 0 Å². The van der Waals surface area contributed by atoms with Gasteiger partial charge in [-0.05, 0) is 100 Å². The van der Waals surface area contributed by atoms with Gasteiger partial charge in [-0.15, -0.1) is 0 Å². The lowest BCUT2D eigenvalue weighted by atomic mass is 9.82. The lowest BCUT2D eigenvalue weighted by molar-refractivity contribution is -0.225. The summed E-state index contributed by atoms with van der Waals surface area (Å²) in [6.07, 6.45) is 2.44. The largest absolute Gasteiger partial charge is 0.456 e. The van der Waals surface area contributed by atoms with Crippen molar-refractivity contribution in [2.75, 3.05) is 20.8 Å². The minimum Gasteiger partial charge on any atom is -0.456 e. The Morgan fingerprint density at radius 1 is 0.927 bits per heavy atom. The molecule has 0 aromatic heterocycles. The van der Waals surface area contributed by atoms with Gasteiger partial charge in [0.25, 0.3) is 11.7 Å². The zero-order valence-electron chi connectivity index (χ0n) is 34.1. The van der Waals surface area contributed by atoms with E-state index in [1.54, 1.807) is 27.9 Å². The number of Topliss-reactive ketones (excluding diaryl/α,β-unsaturated/α-hetero) is 2. The van der Waals surface area contributed by atoms with Crippen LogP contribution in [0.15, 0.2) is 23.3 Å². The number of fused-ring (bicyclic) bond motifs is 3. The predicted octanol–water partition coefficient (Wildman–Crippen LogP) is 3.82. The summed E-state index contributed by atoms with van der Waals surface area (Å²) in [5.41, 5.74) is 1.25. The molecular weight excluding hydrogens is 710 g/mol. The van der Waals surface area contributed by atoms with Crippen LogP contribution in [0.3, 0.4) is 0 Å². The van der Waals surface area contributed by atoms with Crippen molar-refractivity contribution in [2.24, 2.45) is 29.6 Å². The van der Waals surface area contributed by atoms with Crippen LogP contribution in [0.5, 0.6) is 0 Å². The van der Waals surface area contributed by atoms with Crippen LogP contribution in [-0.4, -0.2) is 124 Å². The molecule has 1 aliphatic carbocycles. The summed E-state index contributed by atoms with van der Waals surface area (Å²) in [6.45, 7) is 11.1. The summed E-state index contributed by atoms with van der Waals surface area (Å²) in [5, 5.41) is 45.0. The minimum atomic E-state index is -2.52. The summed E-state index contributed by atoms with van der Waals surface area (Å²) in [4.78, 5) is 56.9. The normalized spacial score (nSPS) is 41.2. The number of rotatable bonds is 5. The maximum Gasteiger partial charge on any atom is 0.329 e. The third-order valence-corrected chi connectivity index (χ3v) is 12.6. The number of ketones is 2. The molecule has 13 heteroatoms. The Morgan fingerprint density at radius 2 is 1.62 bits per heavy atom. The second kappa shape index (κ2) is 19.8. The molecule has 312 valence electrons. The van der Waals surface area contributed by atoms with E-state index in [-0.39, 0.29) is 55.4 Å². The van der Waals surface area contributed by atoms with Gasteiger partial charge in [-0.2, -0.15) is 0 Å². The molecule has 0 aromatic rings. The third-order valence-electron chi connectivity index (χ3n) is 12.6. The van der Waals surface area contributed by atoms with Gasteiger partial charge in [-0.1, -0.05) is 46.8 Å². The average Bonchev–Trinajstić information content (AvgIpc) is 3.47. The fourth-order valence-corrected chi connectivity index (χ4v) is 9.20.